The van der Waals surface area contributed by atoms with Crippen molar-refractivity contribution in [2.75, 3.05) is 19.5 Å². The number of halogens is 1. The van der Waals surface area contributed by atoms with E-state index in [1.807, 2.05) is 0 Å². The highest BCUT2D eigenvalue weighted by atomic mass is 79.9. The van der Waals surface area contributed by atoms with Crippen molar-refractivity contribution >= 4 is 49.8 Å². The fourth-order valence-electron chi connectivity index (χ4n) is 3.00. The van der Waals surface area contributed by atoms with Crippen molar-refractivity contribution in [1.29, 1.82) is 0 Å². The molecule has 0 atom stereocenters. The van der Waals surface area contributed by atoms with Crippen molar-refractivity contribution in [1.82, 2.24) is 5.43 Å². The Bertz CT molecular complexity index is 1410. The summed E-state index contributed by atoms with van der Waals surface area (Å²) in [6, 6.07) is 15.0. The summed E-state index contributed by atoms with van der Waals surface area (Å²) in [6.07, 6.45) is 1.32. The summed E-state index contributed by atoms with van der Waals surface area (Å²) in [5.74, 6) is -0.307. The van der Waals surface area contributed by atoms with Gasteiger partial charge in [0.15, 0.2) is 11.5 Å². The van der Waals surface area contributed by atoms with Crippen molar-refractivity contribution in [3.8, 4) is 17.2 Å². The van der Waals surface area contributed by atoms with Gasteiger partial charge in [-0.2, -0.15) is 13.5 Å². The molecule has 3 rings (SSSR count). The fourth-order valence-corrected chi connectivity index (χ4v) is 4.29. The second-order valence-corrected chi connectivity index (χ2v) is 9.66. The number of nitrogens with one attached hydrogen (secondary N) is 2. The molecule has 0 fully saturated rings. The Balaban J connectivity index is 1.77. The highest BCUT2D eigenvalue weighted by Gasteiger charge is 2.20. The maximum atomic E-state index is 12.8. The summed E-state index contributed by atoms with van der Waals surface area (Å²) >= 11 is 3.31. The molecular weight excluding hydrogens is 554 g/mol. The molecule has 10 nitrogen and oxygen atoms in total. The zero-order valence-corrected chi connectivity index (χ0v) is 21.8. The number of anilines is 1. The van der Waals surface area contributed by atoms with Crippen LogP contribution >= 0.6 is 15.9 Å². The largest absolute Gasteiger partial charge is 0.496 e. The van der Waals surface area contributed by atoms with Gasteiger partial charge in [-0.1, -0.05) is 15.9 Å². The van der Waals surface area contributed by atoms with Gasteiger partial charge in [0.2, 0.25) is 5.91 Å². The third kappa shape index (κ3) is 6.83. The van der Waals surface area contributed by atoms with Crippen LogP contribution in [-0.4, -0.2) is 40.7 Å². The summed E-state index contributed by atoms with van der Waals surface area (Å²) in [7, 11) is -1.39. The molecule has 0 aliphatic heterocycles. The number of methoxy groups -OCH3 is 2. The molecule has 0 saturated heterocycles. The number of carbonyl (C=O) groups is 2. The van der Waals surface area contributed by atoms with E-state index < -0.39 is 16.0 Å². The van der Waals surface area contributed by atoms with Gasteiger partial charge in [-0.3, -0.25) is 9.59 Å². The van der Waals surface area contributed by atoms with E-state index in [0.717, 1.165) is 0 Å². The van der Waals surface area contributed by atoms with Crippen LogP contribution in [0.15, 0.2) is 75.1 Å². The van der Waals surface area contributed by atoms with E-state index in [4.69, 9.17) is 13.7 Å². The average molecular weight is 576 g/mol. The van der Waals surface area contributed by atoms with Crippen LogP contribution in [0.5, 0.6) is 17.2 Å². The number of rotatable bonds is 9. The van der Waals surface area contributed by atoms with Crippen LogP contribution in [0, 0.1) is 0 Å². The van der Waals surface area contributed by atoms with Gasteiger partial charge in [0.1, 0.15) is 10.6 Å². The summed E-state index contributed by atoms with van der Waals surface area (Å²) in [5, 5.41) is 6.49. The van der Waals surface area contributed by atoms with Gasteiger partial charge >= 0.3 is 10.1 Å². The number of amides is 2. The van der Waals surface area contributed by atoms with E-state index in [-0.39, 0.29) is 27.9 Å². The van der Waals surface area contributed by atoms with Gasteiger partial charge in [-0.05, 0) is 66.2 Å². The first-order valence-electron chi connectivity index (χ1n) is 10.3. The first kappa shape index (κ1) is 26.7. The molecule has 3 aromatic rings. The van der Waals surface area contributed by atoms with E-state index >= 15 is 0 Å². The standard InChI is InChI=1S/C24H22BrN3O7S/c1-15(29)27-18-6-8-19(9-7-18)36(31,32)35-23-12-16(4-10-22(23)34-3)14-26-28-24(30)20-13-17(25)5-11-21(20)33-2/h4-14H,1-3H3,(H,27,29)(H,28,30)/b26-14-. The molecule has 0 aromatic heterocycles. The van der Waals surface area contributed by atoms with Crippen LogP contribution in [-0.2, 0) is 14.9 Å². The second-order valence-electron chi connectivity index (χ2n) is 7.20. The van der Waals surface area contributed by atoms with E-state index in [0.29, 0.717) is 21.5 Å². The molecule has 0 saturated carbocycles. The first-order chi connectivity index (χ1) is 17.1. The van der Waals surface area contributed by atoms with Gasteiger partial charge in [-0.25, -0.2) is 5.43 Å². The topological polar surface area (TPSA) is 132 Å². The lowest BCUT2D eigenvalue weighted by atomic mass is 10.2. The number of nitrogens with zero attached hydrogens (tertiary/aromatic N) is 1. The molecule has 0 spiro atoms. The van der Waals surface area contributed by atoms with Crippen molar-refractivity contribution in [2.45, 2.75) is 11.8 Å². The highest BCUT2D eigenvalue weighted by molar-refractivity contribution is 9.10. The summed E-state index contributed by atoms with van der Waals surface area (Å²) in [5.41, 5.74) is 3.55. The molecule has 12 heteroatoms. The number of ether oxygens (including phenoxy) is 2. The van der Waals surface area contributed by atoms with Crippen molar-refractivity contribution in [2.24, 2.45) is 5.10 Å². The quantitative estimate of drug-likeness (QED) is 0.224. The smallest absolute Gasteiger partial charge is 0.339 e. The SMILES string of the molecule is COc1ccc(/C=N\NC(=O)c2cc(Br)ccc2OC)cc1OS(=O)(=O)c1ccc(NC(C)=O)cc1. The summed E-state index contributed by atoms with van der Waals surface area (Å²) in [6.45, 7) is 1.35. The Labute approximate surface area is 216 Å². The molecule has 0 bridgehead atoms. The van der Waals surface area contributed by atoms with Gasteiger partial charge in [0.05, 0.1) is 26.0 Å². The summed E-state index contributed by atoms with van der Waals surface area (Å²) < 4.78 is 42.0. The van der Waals surface area contributed by atoms with Gasteiger partial charge in [0.25, 0.3) is 5.91 Å². The normalized spacial score (nSPS) is 11.1. The van der Waals surface area contributed by atoms with E-state index in [1.165, 1.54) is 63.8 Å². The Morgan fingerprint density at radius 1 is 0.917 bits per heavy atom. The number of hydrogen-bond acceptors (Lipinski definition) is 8. The lowest BCUT2D eigenvalue weighted by molar-refractivity contribution is -0.114. The predicted molar refractivity (Wildman–Crippen MR) is 137 cm³/mol. The molecule has 2 N–H and O–H groups in total. The first-order valence-corrected chi connectivity index (χ1v) is 12.5. The molecule has 0 heterocycles. The van der Waals surface area contributed by atoms with Gasteiger partial charge in [0, 0.05) is 17.1 Å². The molecule has 3 aromatic carbocycles. The molecule has 0 aliphatic rings. The number of benzene rings is 3. The van der Waals surface area contributed by atoms with Crippen LogP contribution in [0.2, 0.25) is 0 Å². The minimum absolute atomic E-state index is 0.0765. The maximum absolute atomic E-state index is 12.8. The number of hydrogen-bond donors (Lipinski definition) is 2. The minimum Gasteiger partial charge on any atom is -0.496 e. The van der Waals surface area contributed by atoms with Crippen molar-refractivity contribution < 1.29 is 31.7 Å². The van der Waals surface area contributed by atoms with E-state index in [1.54, 1.807) is 24.3 Å². The average Bonchev–Trinajstić information content (AvgIpc) is 2.84. The third-order valence-corrected chi connectivity index (χ3v) is 6.38. The predicted octanol–water partition coefficient (Wildman–Crippen LogP) is 3.96. The van der Waals surface area contributed by atoms with Crippen molar-refractivity contribution in [3.05, 3.63) is 76.3 Å². The maximum Gasteiger partial charge on any atom is 0.339 e. The Morgan fingerprint density at radius 2 is 1.58 bits per heavy atom. The zero-order valence-electron chi connectivity index (χ0n) is 19.4. The Morgan fingerprint density at radius 3 is 2.22 bits per heavy atom. The molecule has 36 heavy (non-hydrogen) atoms. The lowest BCUT2D eigenvalue weighted by Gasteiger charge is -2.12. The van der Waals surface area contributed by atoms with Crippen LogP contribution in [0.4, 0.5) is 5.69 Å². The lowest BCUT2D eigenvalue weighted by Crippen LogP contribution is -2.18. The monoisotopic (exact) mass is 575 g/mol. The third-order valence-electron chi connectivity index (χ3n) is 4.64. The molecule has 0 radical (unpaired) electrons. The summed E-state index contributed by atoms with van der Waals surface area (Å²) in [4.78, 5) is 23.5. The van der Waals surface area contributed by atoms with Crippen LogP contribution < -0.4 is 24.4 Å². The second kappa shape index (κ2) is 11.7. The van der Waals surface area contributed by atoms with Gasteiger partial charge in [-0.15, -0.1) is 0 Å². The van der Waals surface area contributed by atoms with Gasteiger partial charge < -0.3 is 19.0 Å². The van der Waals surface area contributed by atoms with Crippen LogP contribution in [0.3, 0.4) is 0 Å². The number of hydrazone groups is 1. The fraction of sp³-hybridized carbons (Fsp3) is 0.125. The highest BCUT2D eigenvalue weighted by Crippen LogP contribution is 2.31. The van der Waals surface area contributed by atoms with Crippen LogP contribution in [0.25, 0.3) is 0 Å². The van der Waals surface area contributed by atoms with E-state index in [9.17, 15) is 18.0 Å². The van der Waals surface area contributed by atoms with Crippen LogP contribution in [0.1, 0.15) is 22.8 Å². The molecular formula is C24H22BrN3O7S. The van der Waals surface area contributed by atoms with Crippen molar-refractivity contribution in [3.63, 3.8) is 0 Å². The Kier molecular flexibility index (Phi) is 8.67. The number of carbonyl (C=O) groups excluding carboxylic acids is 2. The zero-order chi connectivity index (χ0) is 26.3. The van der Waals surface area contributed by atoms with E-state index in [2.05, 4.69) is 31.8 Å². The Hall–Kier alpha value is -3.90. The molecule has 188 valence electrons. The minimum atomic E-state index is -4.21. The molecule has 0 unspecified atom stereocenters. The molecule has 2 amide bonds. The molecule has 0 aliphatic carbocycles.